The largest absolute Gasteiger partial charge is 0.482 e. The Morgan fingerprint density at radius 2 is 2.05 bits per heavy atom. The van der Waals surface area contributed by atoms with Crippen LogP contribution in [0.5, 0.6) is 5.75 Å². The lowest BCUT2D eigenvalue weighted by Crippen LogP contribution is -2.37. The molecule has 0 aromatic heterocycles. The second kappa shape index (κ2) is 7.90. The molecular weight excluding hydrogens is 288 g/mol. The van der Waals surface area contributed by atoms with E-state index < -0.39 is 0 Å². The Morgan fingerprint density at radius 1 is 1.33 bits per heavy atom. The topological polar surface area (TPSA) is 62.1 Å². The van der Waals surface area contributed by atoms with E-state index in [-0.39, 0.29) is 18.6 Å². The first-order valence-corrected chi connectivity index (χ1v) is 7.68. The highest BCUT2D eigenvalue weighted by Gasteiger charge is 2.15. The van der Waals surface area contributed by atoms with Crippen molar-refractivity contribution >= 4 is 17.5 Å². The lowest BCUT2D eigenvalue weighted by Gasteiger charge is -2.16. The minimum absolute atomic E-state index is 0.0535. The van der Waals surface area contributed by atoms with Gasteiger partial charge >= 0.3 is 0 Å². The van der Waals surface area contributed by atoms with E-state index >= 15 is 0 Å². The molecule has 4 nitrogen and oxygen atoms in total. The number of hydrogen-bond acceptors (Lipinski definition) is 3. The Bertz CT molecular complexity index is 532. The fourth-order valence-corrected chi connectivity index (χ4v) is 2.76. The molecule has 1 amide bonds. The number of benzene rings is 1. The first-order valence-electron chi connectivity index (χ1n) is 7.31. The number of amides is 1. The van der Waals surface area contributed by atoms with Gasteiger partial charge in [0.25, 0.3) is 5.91 Å². The van der Waals surface area contributed by atoms with Crippen molar-refractivity contribution in [1.29, 1.82) is 5.26 Å². The molecule has 0 atom stereocenters. The third-order valence-electron chi connectivity index (χ3n) is 3.64. The predicted octanol–water partition coefficient (Wildman–Crippen LogP) is 3.43. The average Bonchev–Trinajstić information content (AvgIpc) is 2.74. The number of carbonyl (C=O) groups is 1. The summed E-state index contributed by atoms with van der Waals surface area (Å²) in [5.74, 6) is 0.300. The van der Waals surface area contributed by atoms with Crippen molar-refractivity contribution in [2.45, 2.75) is 44.6 Å². The molecule has 1 aliphatic rings. The molecule has 1 N–H and O–H groups in total. The Kier molecular flexibility index (Phi) is 5.89. The normalized spacial score (nSPS) is 15.8. The van der Waals surface area contributed by atoms with Crippen LogP contribution in [-0.2, 0) is 4.79 Å². The summed E-state index contributed by atoms with van der Waals surface area (Å²) in [6.45, 7) is -0.0535. The standard InChI is InChI=1S/C16H19ClN2O2/c17-14-9-12(10-18)7-8-15(14)21-11-16(20)19-13-5-3-1-2-4-6-13/h7-9,13H,1-6,11H2,(H,19,20). The van der Waals surface area contributed by atoms with E-state index in [2.05, 4.69) is 5.32 Å². The number of hydrogen-bond donors (Lipinski definition) is 1. The molecule has 0 unspecified atom stereocenters. The van der Waals surface area contributed by atoms with Crippen LogP contribution in [0.25, 0.3) is 0 Å². The molecule has 0 radical (unpaired) electrons. The molecule has 0 heterocycles. The second-order valence-electron chi connectivity index (χ2n) is 5.30. The van der Waals surface area contributed by atoms with E-state index in [0.29, 0.717) is 16.3 Å². The van der Waals surface area contributed by atoms with Crippen molar-refractivity contribution in [3.8, 4) is 11.8 Å². The molecule has 1 aliphatic carbocycles. The van der Waals surface area contributed by atoms with Crippen LogP contribution in [0.15, 0.2) is 18.2 Å². The Balaban J connectivity index is 1.82. The number of ether oxygens (including phenoxy) is 1. The summed E-state index contributed by atoms with van der Waals surface area (Å²) in [5, 5.41) is 12.1. The minimum atomic E-state index is -0.123. The van der Waals surface area contributed by atoms with Gasteiger partial charge < -0.3 is 10.1 Å². The van der Waals surface area contributed by atoms with E-state index in [1.165, 1.54) is 31.7 Å². The number of nitrogens with one attached hydrogen (secondary N) is 1. The lowest BCUT2D eigenvalue weighted by atomic mass is 10.1. The number of rotatable bonds is 4. The molecule has 0 aliphatic heterocycles. The smallest absolute Gasteiger partial charge is 0.258 e. The Labute approximate surface area is 130 Å². The molecule has 0 spiro atoms. The summed E-state index contributed by atoms with van der Waals surface area (Å²) in [6.07, 6.45) is 6.95. The maximum absolute atomic E-state index is 11.9. The summed E-state index contributed by atoms with van der Waals surface area (Å²) >= 11 is 6.00. The summed E-state index contributed by atoms with van der Waals surface area (Å²) in [7, 11) is 0. The molecule has 112 valence electrons. The minimum Gasteiger partial charge on any atom is -0.482 e. The Morgan fingerprint density at radius 3 is 2.67 bits per heavy atom. The van der Waals surface area contributed by atoms with Crippen LogP contribution in [0.3, 0.4) is 0 Å². The summed E-state index contributed by atoms with van der Waals surface area (Å²) < 4.78 is 5.42. The van der Waals surface area contributed by atoms with Gasteiger partial charge in [0.15, 0.2) is 6.61 Å². The van der Waals surface area contributed by atoms with Gasteiger partial charge in [-0.05, 0) is 31.0 Å². The average molecular weight is 307 g/mol. The molecule has 1 aromatic carbocycles. The number of nitriles is 1. The second-order valence-corrected chi connectivity index (χ2v) is 5.71. The van der Waals surface area contributed by atoms with Crippen molar-refractivity contribution in [2.24, 2.45) is 0 Å². The van der Waals surface area contributed by atoms with Crippen molar-refractivity contribution < 1.29 is 9.53 Å². The van der Waals surface area contributed by atoms with E-state index in [4.69, 9.17) is 21.6 Å². The highest BCUT2D eigenvalue weighted by Crippen LogP contribution is 2.25. The quantitative estimate of drug-likeness (QED) is 0.867. The molecule has 1 saturated carbocycles. The fourth-order valence-electron chi connectivity index (χ4n) is 2.52. The van der Waals surface area contributed by atoms with Crippen LogP contribution in [0, 0.1) is 11.3 Å². The third-order valence-corrected chi connectivity index (χ3v) is 3.94. The fraction of sp³-hybridized carbons (Fsp3) is 0.500. The van der Waals surface area contributed by atoms with Gasteiger partial charge in [0, 0.05) is 6.04 Å². The highest BCUT2D eigenvalue weighted by molar-refractivity contribution is 6.32. The molecular formula is C16H19ClN2O2. The summed E-state index contributed by atoms with van der Waals surface area (Å²) in [5.41, 5.74) is 0.468. The van der Waals surface area contributed by atoms with Gasteiger partial charge in [-0.2, -0.15) is 5.26 Å². The molecule has 2 rings (SSSR count). The summed E-state index contributed by atoms with van der Waals surface area (Å²) in [6, 6.07) is 7.02. The van der Waals surface area contributed by atoms with Crippen molar-refractivity contribution in [3.63, 3.8) is 0 Å². The molecule has 1 fully saturated rings. The van der Waals surface area contributed by atoms with Crippen LogP contribution in [0.1, 0.15) is 44.1 Å². The number of nitrogens with zero attached hydrogens (tertiary/aromatic N) is 1. The van der Waals surface area contributed by atoms with Crippen molar-refractivity contribution in [3.05, 3.63) is 28.8 Å². The van der Waals surface area contributed by atoms with Gasteiger partial charge in [0.1, 0.15) is 5.75 Å². The van der Waals surface area contributed by atoms with Crippen LogP contribution < -0.4 is 10.1 Å². The monoisotopic (exact) mass is 306 g/mol. The van der Waals surface area contributed by atoms with Crippen LogP contribution in [-0.4, -0.2) is 18.6 Å². The first kappa shape index (κ1) is 15.7. The van der Waals surface area contributed by atoms with Crippen LogP contribution in [0.4, 0.5) is 0 Å². The summed E-state index contributed by atoms with van der Waals surface area (Å²) in [4.78, 5) is 11.9. The highest BCUT2D eigenvalue weighted by atomic mass is 35.5. The van der Waals surface area contributed by atoms with Crippen LogP contribution >= 0.6 is 11.6 Å². The van der Waals surface area contributed by atoms with E-state index in [0.717, 1.165) is 12.8 Å². The van der Waals surface area contributed by atoms with E-state index in [1.54, 1.807) is 12.1 Å². The van der Waals surface area contributed by atoms with Gasteiger partial charge in [-0.3, -0.25) is 4.79 Å². The van der Waals surface area contributed by atoms with Crippen LogP contribution in [0.2, 0.25) is 5.02 Å². The van der Waals surface area contributed by atoms with E-state index in [1.807, 2.05) is 6.07 Å². The van der Waals surface area contributed by atoms with Crippen molar-refractivity contribution in [2.75, 3.05) is 6.61 Å². The first-order chi connectivity index (χ1) is 10.2. The zero-order valence-electron chi connectivity index (χ0n) is 11.9. The number of halogens is 1. The SMILES string of the molecule is N#Cc1ccc(OCC(=O)NC2CCCCCC2)c(Cl)c1. The maximum Gasteiger partial charge on any atom is 0.258 e. The zero-order valence-corrected chi connectivity index (χ0v) is 12.7. The molecule has 0 saturated heterocycles. The third kappa shape index (κ3) is 4.95. The van der Waals surface area contributed by atoms with Gasteiger partial charge in [-0.15, -0.1) is 0 Å². The predicted molar refractivity (Wildman–Crippen MR) is 81.3 cm³/mol. The maximum atomic E-state index is 11.9. The van der Waals surface area contributed by atoms with Gasteiger partial charge in [-0.25, -0.2) is 0 Å². The van der Waals surface area contributed by atoms with Gasteiger partial charge in [0.05, 0.1) is 16.7 Å². The zero-order chi connectivity index (χ0) is 15.1. The van der Waals surface area contributed by atoms with E-state index in [9.17, 15) is 4.79 Å². The van der Waals surface area contributed by atoms with Gasteiger partial charge in [0.2, 0.25) is 0 Å². The lowest BCUT2D eigenvalue weighted by molar-refractivity contribution is -0.123. The molecule has 1 aromatic rings. The molecule has 21 heavy (non-hydrogen) atoms. The van der Waals surface area contributed by atoms with Crippen molar-refractivity contribution in [1.82, 2.24) is 5.32 Å². The van der Waals surface area contributed by atoms with Gasteiger partial charge in [-0.1, -0.05) is 37.3 Å². The Hall–Kier alpha value is -1.73. The molecule has 0 bridgehead atoms. The molecule has 5 heteroatoms. The number of carbonyl (C=O) groups excluding carboxylic acids is 1.